The Balaban J connectivity index is 1.37. The van der Waals surface area contributed by atoms with Crippen LogP contribution in [0.4, 0.5) is 4.39 Å². The summed E-state index contributed by atoms with van der Waals surface area (Å²) in [5, 5.41) is 0. The number of likely N-dealkylation sites (tertiary alicyclic amines) is 2. The molecule has 2 saturated heterocycles. The quantitative estimate of drug-likeness (QED) is 0.731. The number of hydrogen-bond donors (Lipinski definition) is 0. The number of nitrogens with zero attached hydrogens (tertiary/aromatic N) is 3. The highest BCUT2D eigenvalue weighted by Gasteiger charge is 2.38. The molecule has 0 spiro atoms. The number of pyridine rings is 1. The number of amides is 2. The largest absolute Gasteiger partial charge is 0.342 e. The molecule has 1 aromatic carbocycles. The first-order valence-electron chi connectivity index (χ1n) is 10.5. The molecule has 0 bridgehead atoms. The molecule has 0 saturated carbocycles. The van der Waals surface area contributed by atoms with Gasteiger partial charge in [-0.3, -0.25) is 14.6 Å². The summed E-state index contributed by atoms with van der Waals surface area (Å²) in [7, 11) is 0. The van der Waals surface area contributed by atoms with Crippen molar-refractivity contribution in [3.8, 4) is 0 Å². The van der Waals surface area contributed by atoms with Crippen LogP contribution >= 0.6 is 0 Å². The third-order valence-corrected chi connectivity index (χ3v) is 6.05. The SMILES string of the molecule is O=C(Cc1cccc(F)c1)N1CC[C@H]2[C@H](CCCN2C(=O)/C=C/c2cccnc2)C1. The van der Waals surface area contributed by atoms with Gasteiger partial charge in [-0.1, -0.05) is 18.2 Å². The Labute approximate surface area is 176 Å². The highest BCUT2D eigenvalue weighted by molar-refractivity contribution is 5.92. The van der Waals surface area contributed by atoms with Crippen LogP contribution in [0.15, 0.2) is 54.9 Å². The van der Waals surface area contributed by atoms with E-state index >= 15 is 0 Å². The van der Waals surface area contributed by atoms with E-state index in [4.69, 9.17) is 0 Å². The third-order valence-electron chi connectivity index (χ3n) is 6.05. The number of carbonyl (C=O) groups excluding carboxylic acids is 2. The monoisotopic (exact) mass is 407 g/mol. The molecule has 156 valence electrons. The van der Waals surface area contributed by atoms with E-state index in [0.29, 0.717) is 24.6 Å². The maximum Gasteiger partial charge on any atom is 0.246 e. The second kappa shape index (κ2) is 9.20. The van der Waals surface area contributed by atoms with Gasteiger partial charge in [0.2, 0.25) is 11.8 Å². The summed E-state index contributed by atoms with van der Waals surface area (Å²) in [4.78, 5) is 33.5. The molecule has 0 unspecified atom stereocenters. The van der Waals surface area contributed by atoms with Gasteiger partial charge in [0.05, 0.1) is 6.42 Å². The van der Waals surface area contributed by atoms with Gasteiger partial charge in [-0.25, -0.2) is 4.39 Å². The lowest BCUT2D eigenvalue weighted by atomic mass is 9.83. The van der Waals surface area contributed by atoms with Crippen molar-refractivity contribution in [2.45, 2.75) is 31.7 Å². The van der Waals surface area contributed by atoms with Crippen molar-refractivity contribution in [2.75, 3.05) is 19.6 Å². The minimum absolute atomic E-state index is 0.0214. The van der Waals surface area contributed by atoms with E-state index in [9.17, 15) is 14.0 Å². The molecule has 2 atom stereocenters. The molecule has 2 aromatic rings. The number of fused-ring (bicyclic) bond motifs is 1. The molecule has 3 heterocycles. The van der Waals surface area contributed by atoms with Crippen molar-refractivity contribution in [1.29, 1.82) is 0 Å². The molecule has 0 radical (unpaired) electrons. The molecule has 2 aliphatic rings. The molecule has 0 N–H and O–H groups in total. The molecule has 5 nitrogen and oxygen atoms in total. The highest BCUT2D eigenvalue weighted by atomic mass is 19.1. The van der Waals surface area contributed by atoms with Crippen molar-refractivity contribution < 1.29 is 14.0 Å². The molecule has 6 heteroatoms. The average Bonchev–Trinajstić information content (AvgIpc) is 2.77. The molecule has 1 aromatic heterocycles. The standard InChI is InChI=1S/C24H26FN3O2/c25-21-7-1-4-19(14-21)15-24(30)27-13-10-22-20(17-27)6-3-12-28(22)23(29)9-8-18-5-2-11-26-16-18/h1-2,4-5,7-9,11,14,16,20,22H,3,6,10,12-13,15,17H2/b9-8+/t20-,22+/m1/s1. The van der Waals surface area contributed by atoms with Gasteiger partial charge in [0.1, 0.15) is 5.82 Å². The summed E-state index contributed by atoms with van der Waals surface area (Å²) in [6.45, 7) is 2.05. The maximum absolute atomic E-state index is 13.4. The van der Waals surface area contributed by atoms with Crippen molar-refractivity contribution in [3.05, 3.63) is 71.8 Å². The van der Waals surface area contributed by atoms with Crippen LogP contribution in [0, 0.1) is 11.7 Å². The smallest absolute Gasteiger partial charge is 0.246 e. The molecule has 2 amide bonds. The Morgan fingerprint density at radius 1 is 1.17 bits per heavy atom. The fourth-order valence-electron chi connectivity index (χ4n) is 4.57. The molecule has 0 aliphatic carbocycles. The van der Waals surface area contributed by atoms with Gasteiger partial charge in [0, 0.05) is 44.1 Å². The van der Waals surface area contributed by atoms with Crippen LogP contribution < -0.4 is 0 Å². The second-order valence-corrected chi connectivity index (χ2v) is 8.06. The fraction of sp³-hybridized carbons (Fsp3) is 0.375. The topological polar surface area (TPSA) is 53.5 Å². The van der Waals surface area contributed by atoms with Gasteiger partial charge >= 0.3 is 0 Å². The van der Waals surface area contributed by atoms with Crippen LogP contribution in [0.2, 0.25) is 0 Å². The normalized spacial score (nSPS) is 21.5. The van der Waals surface area contributed by atoms with E-state index in [1.807, 2.05) is 21.9 Å². The van der Waals surface area contributed by atoms with E-state index in [1.54, 1.807) is 36.7 Å². The molecule has 30 heavy (non-hydrogen) atoms. The Bertz CT molecular complexity index is 931. The Kier molecular flexibility index (Phi) is 6.21. The number of benzene rings is 1. The molecular weight excluding hydrogens is 381 g/mol. The van der Waals surface area contributed by atoms with Crippen LogP contribution in [0.3, 0.4) is 0 Å². The lowest BCUT2D eigenvalue weighted by Gasteiger charge is -2.47. The van der Waals surface area contributed by atoms with Crippen LogP contribution in [0.25, 0.3) is 6.08 Å². The van der Waals surface area contributed by atoms with Crippen molar-refractivity contribution in [2.24, 2.45) is 5.92 Å². The van der Waals surface area contributed by atoms with Crippen molar-refractivity contribution >= 4 is 17.9 Å². The van der Waals surface area contributed by atoms with E-state index in [2.05, 4.69) is 4.98 Å². The highest BCUT2D eigenvalue weighted by Crippen LogP contribution is 2.31. The van der Waals surface area contributed by atoms with Crippen LogP contribution in [0.5, 0.6) is 0 Å². The number of piperidine rings is 2. The predicted octanol–water partition coefficient (Wildman–Crippen LogP) is 3.32. The van der Waals surface area contributed by atoms with E-state index in [0.717, 1.165) is 31.4 Å². The Morgan fingerprint density at radius 3 is 2.87 bits per heavy atom. The first-order valence-corrected chi connectivity index (χ1v) is 10.5. The summed E-state index contributed by atoms with van der Waals surface area (Å²) in [6.07, 6.45) is 9.82. The minimum atomic E-state index is -0.320. The van der Waals surface area contributed by atoms with Gasteiger partial charge < -0.3 is 9.80 Å². The molecule has 2 aliphatic heterocycles. The number of carbonyl (C=O) groups is 2. The number of aromatic nitrogens is 1. The Hall–Kier alpha value is -3.02. The lowest BCUT2D eigenvalue weighted by molar-refractivity contribution is -0.138. The van der Waals surface area contributed by atoms with Crippen LogP contribution in [-0.4, -0.2) is 52.3 Å². The fourth-order valence-corrected chi connectivity index (χ4v) is 4.57. The van der Waals surface area contributed by atoms with Gasteiger partial charge in [-0.2, -0.15) is 0 Å². The Morgan fingerprint density at radius 2 is 2.07 bits per heavy atom. The third kappa shape index (κ3) is 4.75. The predicted molar refractivity (Wildman–Crippen MR) is 113 cm³/mol. The maximum atomic E-state index is 13.4. The van der Waals surface area contributed by atoms with Gasteiger partial charge in [-0.05, 0) is 60.6 Å². The summed E-state index contributed by atoms with van der Waals surface area (Å²) >= 11 is 0. The van der Waals surface area contributed by atoms with E-state index in [-0.39, 0.29) is 30.1 Å². The molecular formula is C24H26FN3O2. The van der Waals surface area contributed by atoms with Crippen molar-refractivity contribution in [1.82, 2.24) is 14.8 Å². The zero-order valence-electron chi connectivity index (χ0n) is 16.9. The van der Waals surface area contributed by atoms with Gasteiger partial charge in [0.25, 0.3) is 0 Å². The number of hydrogen-bond acceptors (Lipinski definition) is 3. The summed E-state index contributed by atoms with van der Waals surface area (Å²) in [5.74, 6) is 0.0200. The lowest BCUT2D eigenvalue weighted by Crippen LogP contribution is -2.56. The summed E-state index contributed by atoms with van der Waals surface area (Å²) in [6, 6.07) is 10.1. The van der Waals surface area contributed by atoms with Crippen molar-refractivity contribution in [3.63, 3.8) is 0 Å². The minimum Gasteiger partial charge on any atom is -0.342 e. The summed E-state index contributed by atoms with van der Waals surface area (Å²) in [5.41, 5.74) is 1.60. The average molecular weight is 407 g/mol. The first kappa shape index (κ1) is 20.3. The summed E-state index contributed by atoms with van der Waals surface area (Å²) < 4.78 is 13.4. The molecule has 4 rings (SSSR count). The zero-order valence-corrected chi connectivity index (χ0v) is 16.9. The number of rotatable bonds is 4. The zero-order chi connectivity index (χ0) is 20.9. The van der Waals surface area contributed by atoms with E-state index in [1.165, 1.54) is 12.1 Å². The second-order valence-electron chi connectivity index (χ2n) is 8.06. The van der Waals surface area contributed by atoms with Crippen LogP contribution in [-0.2, 0) is 16.0 Å². The molecule has 2 fully saturated rings. The van der Waals surface area contributed by atoms with Gasteiger partial charge in [0.15, 0.2) is 0 Å². The number of halogens is 1. The van der Waals surface area contributed by atoms with E-state index < -0.39 is 0 Å². The van der Waals surface area contributed by atoms with Crippen LogP contribution in [0.1, 0.15) is 30.4 Å². The van der Waals surface area contributed by atoms with Gasteiger partial charge in [-0.15, -0.1) is 0 Å². The first-order chi connectivity index (χ1) is 14.6.